The van der Waals surface area contributed by atoms with Crippen molar-refractivity contribution in [1.82, 2.24) is 9.62 Å². The van der Waals surface area contributed by atoms with Crippen LogP contribution < -0.4 is 14.8 Å². The highest BCUT2D eigenvalue weighted by Gasteiger charge is 2.28. The van der Waals surface area contributed by atoms with Crippen molar-refractivity contribution < 1.29 is 22.7 Å². The van der Waals surface area contributed by atoms with Crippen LogP contribution in [0.3, 0.4) is 0 Å². The Morgan fingerprint density at radius 1 is 0.848 bits per heavy atom. The van der Waals surface area contributed by atoms with E-state index in [1.165, 1.54) is 16.4 Å². The Morgan fingerprint density at radius 3 is 2.18 bits per heavy atom. The highest BCUT2D eigenvalue weighted by molar-refractivity contribution is 7.89. The molecule has 4 rings (SSSR count). The van der Waals surface area contributed by atoms with Crippen LogP contribution >= 0.6 is 0 Å². The number of benzene rings is 3. The first kappa shape index (κ1) is 22.8. The molecule has 0 aromatic heterocycles. The van der Waals surface area contributed by atoms with Crippen LogP contribution in [0.25, 0.3) is 0 Å². The third-order valence-corrected chi connectivity index (χ3v) is 7.14. The Kier molecular flexibility index (Phi) is 7.26. The molecule has 0 radical (unpaired) electrons. The van der Waals surface area contributed by atoms with Gasteiger partial charge < -0.3 is 14.8 Å². The Labute approximate surface area is 194 Å². The number of carbonyl (C=O) groups is 1. The first-order valence-electron chi connectivity index (χ1n) is 10.8. The average molecular weight is 467 g/mol. The smallest absolute Gasteiger partial charge is 0.243 e. The van der Waals surface area contributed by atoms with Gasteiger partial charge in [0.15, 0.2) is 11.5 Å². The monoisotopic (exact) mass is 466 g/mol. The molecule has 0 atom stereocenters. The van der Waals surface area contributed by atoms with Gasteiger partial charge in [-0.2, -0.15) is 4.31 Å². The predicted octanol–water partition coefficient (Wildman–Crippen LogP) is 3.01. The van der Waals surface area contributed by atoms with Gasteiger partial charge in [-0.15, -0.1) is 0 Å². The minimum absolute atomic E-state index is 0.0654. The van der Waals surface area contributed by atoms with E-state index in [0.717, 1.165) is 11.1 Å². The molecule has 0 spiro atoms. The number of carbonyl (C=O) groups excluding carboxylic acids is 1. The molecule has 1 N–H and O–H groups in total. The molecule has 3 aromatic carbocycles. The summed E-state index contributed by atoms with van der Waals surface area (Å²) in [5.41, 5.74) is 1.93. The van der Waals surface area contributed by atoms with E-state index in [1.54, 1.807) is 6.07 Å². The van der Waals surface area contributed by atoms with E-state index < -0.39 is 10.0 Å². The minimum Gasteiger partial charge on any atom is -0.486 e. The molecule has 8 heteroatoms. The Morgan fingerprint density at radius 2 is 1.48 bits per heavy atom. The van der Waals surface area contributed by atoms with Gasteiger partial charge in [-0.1, -0.05) is 60.7 Å². The first-order chi connectivity index (χ1) is 16.0. The number of hydrogen-bond acceptors (Lipinski definition) is 5. The fourth-order valence-electron chi connectivity index (χ4n) is 3.53. The lowest BCUT2D eigenvalue weighted by molar-refractivity contribution is -0.121. The lowest BCUT2D eigenvalue weighted by Gasteiger charge is -2.24. The van der Waals surface area contributed by atoms with Crippen molar-refractivity contribution in [1.29, 1.82) is 0 Å². The fourth-order valence-corrected chi connectivity index (χ4v) is 4.94. The minimum atomic E-state index is -3.95. The van der Waals surface area contributed by atoms with Crippen LogP contribution in [0.1, 0.15) is 11.1 Å². The van der Waals surface area contributed by atoms with Gasteiger partial charge in [0.1, 0.15) is 13.2 Å². The van der Waals surface area contributed by atoms with Crippen LogP contribution in [-0.4, -0.2) is 44.9 Å². The molecular formula is C25H26N2O5S. The molecule has 1 aliphatic rings. The summed E-state index contributed by atoms with van der Waals surface area (Å²) < 4.78 is 39.3. The second kappa shape index (κ2) is 10.5. The van der Waals surface area contributed by atoms with Gasteiger partial charge in [0.2, 0.25) is 15.9 Å². The molecule has 0 unspecified atom stereocenters. The normalized spacial score (nSPS) is 13.0. The largest absolute Gasteiger partial charge is 0.486 e. The SMILES string of the molecule is O=C(CN(CCc1ccccc1)S(=O)(=O)c1ccc2c(c1)OCCO2)NCc1ccccc1. The van der Waals surface area contributed by atoms with Crippen LogP contribution in [-0.2, 0) is 27.8 Å². The number of hydrogen-bond donors (Lipinski definition) is 1. The van der Waals surface area contributed by atoms with Crippen LogP contribution in [0.5, 0.6) is 11.5 Å². The molecule has 3 aromatic rings. The Balaban J connectivity index is 1.52. The maximum absolute atomic E-state index is 13.5. The molecule has 1 heterocycles. The zero-order valence-electron chi connectivity index (χ0n) is 18.1. The maximum Gasteiger partial charge on any atom is 0.243 e. The number of amides is 1. The van der Waals surface area contributed by atoms with Crippen molar-refractivity contribution in [3.8, 4) is 11.5 Å². The summed E-state index contributed by atoms with van der Waals surface area (Å²) >= 11 is 0. The number of sulfonamides is 1. The molecule has 33 heavy (non-hydrogen) atoms. The average Bonchev–Trinajstić information content (AvgIpc) is 2.86. The van der Waals surface area contributed by atoms with Crippen LogP contribution in [0.2, 0.25) is 0 Å². The highest BCUT2D eigenvalue weighted by Crippen LogP contribution is 2.33. The zero-order chi connectivity index (χ0) is 23.1. The molecule has 0 aliphatic carbocycles. The van der Waals surface area contributed by atoms with Gasteiger partial charge in [0.05, 0.1) is 11.4 Å². The van der Waals surface area contributed by atoms with Crippen molar-refractivity contribution in [2.45, 2.75) is 17.9 Å². The summed E-state index contributed by atoms with van der Waals surface area (Å²) in [6.45, 7) is 0.992. The van der Waals surface area contributed by atoms with Crippen molar-refractivity contribution in [2.24, 2.45) is 0 Å². The predicted molar refractivity (Wildman–Crippen MR) is 125 cm³/mol. The van der Waals surface area contributed by atoms with Crippen LogP contribution in [0.4, 0.5) is 0 Å². The van der Waals surface area contributed by atoms with Gasteiger partial charge in [-0.25, -0.2) is 8.42 Å². The highest BCUT2D eigenvalue weighted by atomic mass is 32.2. The third kappa shape index (κ3) is 5.91. The summed E-state index contributed by atoms with van der Waals surface area (Å²) in [5, 5.41) is 2.81. The van der Waals surface area contributed by atoms with Crippen molar-refractivity contribution >= 4 is 15.9 Å². The maximum atomic E-state index is 13.5. The van der Waals surface area contributed by atoms with E-state index in [-0.39, 0.29) is 23.9 Å². The lowest BCUT2D eigenvalue weighted by atomic mass is 10.1. The van der Waals surface area contributed by atoms with Crippen molar-refractivity contribution in [3.63, 3.8) is 0 Å². The zero-order valence-corrected chi connectivity index (χ0v) is 19.0. The molecule has 1 amide bonds. The lowest BCUT2D eigenvalue weighted by Crippen LogP contribution is -2.41. The fraction of sp³-hybridized carbons (Fsp3) is 0.240. The Hall–Kier alpha value is -3.36. The molecule has 7 nitrogen and oxygen atoms in total. The van der Waals surface area contributed by atoms with E-state index >= 15 is 0 Å². The summed E-state index contributed by atoms with van der Waals surface area (Å²) in [6, 6.07) is 23.6. The van der Waals surface area contributed by atoms with Crippen LogP contribution in [0.15, 0.2) is 83.8 Å². The van der Waals surface area contributed by atoms with E-state index in [9.17, 15) is 13.2 Å². The third-order valence-electron chi connectivity index (χ3n) is 5.30. The summed E-state index contributed by atoms with van der Waals surface area (Å²) in [7, 11) is -3.95. The molecule has 0 bridgehead atoms. The van der Waals surface area contributed by atoms with E-state index in [4.69, 9.17) is 9.47 Å². The number of nitrogens with zero attached hydrogens (tertiary/aromatic N) is 1. The second-order valence-electron chi connectivity index (χ2n) is 7.64. The van der Waals surface area contributed by atoms with Crippen molar-refractivity contribution in [2.75, 3.05) is 26.3 Å². The van der Waals surface area contributed by atoms with Gasteiger partial charge in [-0.05, 0) is 29.7 Å². The Bertz CT molecular complexity index is 1180. The summed E-state index contributed by atoms with van der Waals surface area (Å²) in [5.74, 6) is 0.531. The first-order valence-corrected chi connectivity index (χ1v) is 12.2. The number of rotatable bonds is 9. The topological polar surface area (TPSA) is 84.9 Å². The van der Waals surface area contributed by atoms with Gasteiger partial charge >= 0.3 is 0 Å². The van der Waals surface area contributed by atoms with Gasteiger partial charge in [-0.3, -0.25) is 4.79 Å². The number of fused-ring (bicyclic) bond motifs is 1. The van der Waals surface area contributed by atoms with E-state index in [2.05, 4.69) is 5.32 Å². The standard InChI is InChI=1S/C25H26N2O5S/c28-25(26-18-21-9-5-2-6-10-21)19-27(14-13-20-7-3-1-4-8-20)33(29,30)22-11-12-23-24(17-22)32-16-15-31-23/h1-12,17H,13-16,18-19H2,(H,26,28). The van der Waals surface area contributed by atoms with E-state index in [1.807, 2.05) is 60.7 Å². The van der Waals surface area contributed by atoms with E-state index in [0.29, 0.717) is 37.7 Å². The molecule has 0 fully saturated rings. The quantitative estimate of drug-likeness (QED) is 0.524. The summed E-state index contributed by atoms with van der Waals surface area (Å²) in [6.07, 6.45) is 0.483. The summed E-state index contributed by atoms with van der Waals surface area (Å²) in [4.78, 5) is 12.8. The van der Waals surface area contributed by atoms with Crippen LogP contribution in [0, 0.1) is 0 Å². The number of nitrogens with one attached hydrogen (secondary N) is 1. The van der Waals surface area contributed by atoms with Gasteiger partial charge in [0.25, 0.3) is 0 Å². The molecule has 0 saturated heterocycles. The van der Waals surface area contributed by atoms with Gasteiger partial charge in [0, 0.05) is 19.2 Å². The molecule has 172 valence electrons. The molecular weight excluding hydrogens is 440 g/mol. The molecule has 1 aliphatic heterocycles. The second-order valence-corrected chi connectivity index (χ2v) is 9.58. The number of ether oxygens (including phenoxy) is 2. The van der Waals surface area contributed by atoms with Crippen molar-refractivity contribution in [3.05, 3.63) is 90.0 Å². The molecule has 0 saturated carbocycles.